The van der Waals surface area contributed by atoms with Gasteiger partial charge in [0.15, 0.2) is 5.60 Å². The van der Waals surface area contributed by atoms with Crippen LogP contribution in [0.2, 0.25) is 0 Å². The van der Waals surface area contributed by atoms with Crippen LogP contribution in [-0.2, 0) is 10.4 Å². The fraction of sp³-hybridized carbons (Fsp3) is 0.296. The number of amides is 1. The minimum atomic E-state index is -1.98. The zero-order valence-corrected chi connectivity index (χ0v) is 23.8. The zero-order chi connectivity index (χ0) is 26.1. The van der Waals surface area contributed by atoms with Gasteiger partial charge in [-0.3, -0.25) is 9.69 Å². The Balaban J connectivity index is 1.99. The number of aliphatic hydroxyl groups excluding tert-OH is 2. The minimum Gasteiger partial charge on any atom is -0.395 e. The number of halogens is 2. The summed E-state index contributed by atoms with van der Waals surface area (Å²) < 4.78 is 1.84. The van der Waals surface area contributed by atoms with E-state index in [0.717, 1.165) is 19.3 Å². The molecule has 1 amide bonds. The van der Waals surface area contributed by atoms with Gasteiger partial charge in [0, 0.05) is 51.2 Å². The summed E-state index contributed by atoms with van der Waals surface area (Å²) in [4.78, 5) is 15.5. The molecule has 0 aliphatic rings. The predicted octanol–water partition coefficient (Wildman–Crippen LogP) is 3.74. The lowest BCUT2D eigenvalue weighted by Gasteiger charge is -2.31. The van der Waals surface area contributed by atoms with Crippen molar-refractivity contribution in [1.82, 2.24) is 10.2 Å². The maximum absolute atomic E-state index is 13.7. The van der Waals surface area contributed by atoms with Crippen LogP contribution in [0.15, 0.2) is 71.2 Å². The van der Waals surface area contributed by atoms with Gasteiger partial charge in [-0.2, -0.15) is 0 Å². The number of nitrogens with zero attached hydrogens (tertiary/aromatic N) is 1. The number of hydrogen-bond donors (Lipinski definition) is 5. The summed E-state index contributed by atoms with van der Waals surface area (Å²) in [6.45, 7) is 3.33. The molecule has 0 aliphatic heterocycles. The average molecular weight is 668 g/mol. The van der Waals surface area contributed by atoms with E-state index in [-0.39, 0.29) is 19.8 Å². The molecule has 0 aromatic heterocycles. The molecule has 3 rings (SSSR count). The van der Waals surface area contributed by atoms with Crippen LogP contribution in [0.1, 0.15) is 16.7 Å². The molecule has 0 bridgehead atoms. The Morgan fingerprint density at radius 3 is 2.28 bits per heavy atom. The molecule has 0 spiro atoms. The predicted molar refractivity (Wildman–Crippen MR) is 154 cm³/mol. The van der Waals surface area contributed by atoms with Crippen molar-refractivity contribution in [1.29, 1.82) is 0 Å². The van der Waals surface area contributed by atoms with Crippen LogP contribution < -0.4 is 10.6 Å². The van der Waals surface area contributed by atoms with Crippen molar-refractivity contribution in [3.63, 3.8) is 0 Å². The third kappa shape index (κ3) is 7.05. The molecule has 1 unspecified atom stereocenters. The molecule has 0 saturated carbocycles. The molecule has 1 atom stereocenters. The Morgan fingerprint density at radius 1 is 0.972 bits per heavy atom. The third-order valence-corrected chi connectivity index (χ3v) is 7.06. The highest BCUT2D eigenvalue weighted by Crippen LogP contribution is 2.38. The molecule has 192 valence electrons. The van der Waals surface area contributed by atoms with Crippen molar-refractivity contribution >= 4 is 55.8 Å². The maximum Gasteiger partial charge on any atom is 0.261 e. The summed E-state index contributed by atoms with van der Waals surface area (Å²) in [7, 11) is 0. The lowest BCUT2D eigenvalue weighted by Crippen LogP contribution is -2.48. The molecule has 0 aliphatic carbocycles. The third-order valence-electron chi connectivity index (χ3n) is 5.90. The molecule has 5 N–H and O–H groups in total. The van der Waals surface area contributed by atoms with Crippen molar-refractivity contribution < 1.29 is 20.1 Å². The molecule has 36 heavy (non-hydrogen) atoms. The van der Waals surface area contributed by atoms with Crippen molar-refractivity contribution in [2.75, 3.05) is 44.7 Å². The Morgan fingerprint density at radius 2 is 1.64 bits per heavy atom. The highest BCUT2D eigenvalue weighted by Gasteiger charge is 2.42. The summed E-state index contributed by atoms with van der Waals surface area (Å²) >= 11 is 5.76. The average Bonchev–Trinajstić information content (AvgIpc) is 2.86. The first kappa shape index (κ1) is 28.5. The fourth-order valence-electron chi connectivity index (χ4n) is 4.00. The highest BCUT2D eigenvalue weighted by molar-refractivity contribution is 14.1. The van der Waals surface area contributed by atoms with Crippen molar-refractivity contribution in [2.45, 2.75) is 12.5 Å². The van der Waals surface area contributed by atoms with Crippen LogP contribution in [0.3, 0.4) is 0 Å². The Kier molecular flexibility index (Phi) is 10.7. The Bertz CT molecular complexity index is 1160. The number of aliphatic hydroxyl groups is 3. The van der Waals surface area contributed by atoms with Gasteiger partial charge in [-0.1, -0.05) is 46.3 Å². The van der Waals surface area contributed by atoms with Gasteiger partial charge in [-0.25, -0.2) is 0 Å². The maximum atomic E-state index is 13.7. The van der Waals surface area contributed by atoms with E-state index in [1.807, 2.05) is 42.2 Å². The first-order valence-electron chi connectivity index (χ1n) is 11.6. The minimum absolute atomic E-state index is 0.0487. The second kappa shape index (κ2) is 13.5. The molecular formula is C27H31BrIN3O4. The quantitative estimate of drug-likeness (QED) is 0.189. The van der Waals surface area contributed by atoms with E-state index in [1.54, 1.807) is 30.3 Å². The van der Waals surface area contributed by atoms with Crippen molar-refractivity contribution in [3.05, 3.63) is 91.5 Å². The first-order valence-corrected chi connectivity index (χ1v) is 13.5. The van der Waals surface area contributed by atoms with E-state index >= 15 is 0 Å². The van der Waals surface area contributed by atoms with Gasteiger partial charge in [0.1, 0.15) is 0 Å². The summed E-state index contributed by atoms with van der Waals surface area (Å²) in [6, 6.07) is 20.3. The standard InChI is InChI=1S/C27H31BrIN3O4/c1-19-17-22(29)8-10-24(19)31-25-9-7-21(28)18-23(25)27(36,20-5-3-2-4-6-20)26(35)30-11-12-32(13-15-33)14-16-34/h2-10,17-18,31,33-34,36H,11-16H2,1H3,(H,30,35). The largest absolute Gasteiger partial charge is 0.395 e. The number of benzene rings is 3. The number of carbonyl (C=O) groups is 1. The number of hydrogen-bond acceptors (Lipinski definition) is 6. The number of aryl methyl sites for hydroxylation is 1. The fourth-order valence-corrected chi connectivity index (χ4v) is 5.01. The lowest BCUT2D eigenvalue weighted by atomic mass is 9.84. The van der Waals surface area contributed by atoms with Crippen LogP contribution >= 0.6 is 38.5 Å². The summed E-state index contributed by atoms with van der Waals surface area (Å²) in [6.07, 6.45) is 0. The van der Waals surface area contributed by atoms with Gasteiger partial charge >= 0.3 is 0 Å². The number of carbonyl (C=O) groups excluding carboxylic acids is 1. The van der Waals surface area contributed by atoms with E-state index in [4.69, 9.17) is 0 Å². The van der Waals surface area contributed by atoms with Crippen LogP contribution in [0, 0.1) is 10.5 Å². The van der Waals surface area contributed by atoms with E-state index in [9.17, 15) is 20.1 Å². The Labute approximate surface area is 233 Å². The van der Waals surface area contributed by atoms with E-state index < -0.39 is 11.5 Å². The zero-order valence-electron chi connectivity index (χ0n) is 20.0. The van der Waals surface area contributed by atoms with Gasteiger partial charge in [-0.05, 0) is 77.0 Å². The second-order valence-electron chi connectivity index (χ2n) is 8.40. The molecule has 3 aromatic carbocycles. The molecule has 7 nitrogen and oxygen atoms in total. The molecule has 9 heteroatoms. The first-order chi connectivity index (χ1) is 17.3. The topological polar surface area (TPSA) is 105 Å². The summed E-state index contributed by atoms with van der Waals surface area (Å²) in [5.74, 6) is -0.567. The van der Waals surface area contributed by atoms with E-state index in [0.29, 0.717) is 36.4 Å². The van der Waals surface area contributed by atoms with Gasteiger partial charge in [0.05, 0.1) is 13.2 Å². The van der Waals surface area contributed by atoms with Gasteiger partial charge in [0.2, 0.25) is 0 Å². The van der Waals surface area contributed by atoms with E-state index in [2.05, 4.69) is 55.2 Å². The van der Waals surface area contributed by atoms with Gasteiger partial charge in [-0.15, -0.1) is 0 Å². The van der Waals surface area contributed by atoms with Crippen molar-refractivity contribution in [3.8, 4) is 0 Å². The number of rotatable bonds is 12. The number of nitrogens with one attached hydrogen (secondary N) is 2. The van der Waals surface area contributed by atoms with Crippen LogP contribution in [0.25, 0.3) is 0 Å². The molecule has 0 heterocycles. The number of anilines is 2. The summed E-state index contributed by atoms with van der Waals surface area (Å²) in [5, 5.41) is 36.9. The second-order valence-corrected chi connectivity index (χ2v) is 10.6. The molecule has 0 fully saturated rings. The molecule has 0 saturated heterocycles. The Hall–Kier alpha value is -2.02. The monoisotopic (exact) mass is 667 g/mol. The van der Waals surface area contributed by atoms with Crippen LogP contribution in [0.5, 0.6) is 0 Å². The van der Waals surface area contributed by atoms with Crippen LogP contribution in [0.4, 0.5) is 11.4 Å². The molecule has 3 aromatic rings. The smallest absolute Gasteiger partial charge is 0.261 e. The highest BCUT2D eigenvalue weighted by atomic mass is 127. The van der Waals surface area contributed by atoms with Crippen molar-refractivity contribution in [2.24, 2.45) is 0 Å². The van der Waals surface area contributed by atoms with Gasteiger partial charge in [0.25, 0.3) is 5.91 Å². The summed E-state index contributed by atoms with van der Waals surface area (Å²) in [5.41, 5.74) is 1.37. The SMILES string of the molecule is Cc1cc(I)ccc1Nc1ccc(Br)cc1C(O)(C(=O)NCCN(CCO)CCO)c1ccccc1. The van der Waals surface area contributed by atoms with Gasteiger partial charge < -0.3 is 26.0 Å². The van der Waals surface area contributed by atoms with E-state index in [1.165, 1.54) is 0 Å². The molecular weight excluding hydrogens is 637 g/mol. The normalized spacial score (nSPS) is 12.9. The van der Waals surface area contributed by atoms with Crippen LogP contribution in [-0.4, -0.2) is 65.5 Å². The lowest BCUT2D eigenvalue weighted by molar-refractivity contribution is -0.136. The molecule has 0 radical (unpaired) electrons.